The molecule has 0 radical (unpaired) electrons. The molecule has 2 fully saturated rings. The highest BCUT2D eigenvalue weighted by atomic mass is 28.4. The lowest BCUT2D eigenvalue weighted by atomic mass is 10.1. The maximum atomic E-state index is 11.3. The standard InChI is InChI=1S/C13H24O4Si/c1-8-11(17-18(5,6)13(2,3)4)12-9(15-8)7-10(14)16-12/h8-9,11-12H,7H2,1-6H3/t8-,9+,11+,12-/m1/s1. The van der Waals surface area contributed by atoms with E-state index in [0.29, 0.717) is 6.42 Å². The third kappa shape index (κ3) is 2.35. The first kappa shape index (κ1) is 14.0. The number of hydrogen-bond donors (Lipinski definition) is 0. The van der Waals surface area contributed by atoms with Crippen molar-refractivity contribution in [2.75, 3.05) is 0 Å². The molecule has 0 amide bonds. The lowest BCUT2D eigenvalue weighted by molar-refractivity contribution is -0.144. The summed E-state index contributed by atoms with van der Waals surface area (Å²) in [5, 5.41) is 0.146. The van der Waals surface area contributed by atoms with Crippen molar-refractivity contribution in [2.24, 2.45) is 0 Å². The van der Waals surface area contributed by atoms with E-state index in [1.54, 1.807) is 0 Å². The predicted molar refractivity (Wildman–Crippen MR) is 70.9 cm³/mol. The minimum Gasteiger partial charge on any atom is -0.457 e. The average molecular weight is 272 g/mol. The van der Waals surface area contributed by atoms with Gasteiger partial charge in [-0.1, -0.05) is 20.8 Å². The third-order valence-corrected chi connectivity index (χ3v) is 8.89. The minimum absolute atomic E-state index is 0.00206. The van der Waals surface area contributed by atoms with Gasteiger partial charge in [-0.05, 0) is 25.1 Å². The number of carbonyl (C=O) groups is 1. The van der Waals surface area contributed by atoms with Gasteiger partial charge < -0.3 is 13.9 Å². The fraction of sp³-hybridized carbons (Fsp3) is 0.923. The maximum Gasteiger partial charge on any atom is 0.309 e. The van der Waals surface area contributed by atoms with Crippen LogP contribution in [0, 0.1) is 0 Å². The van der Waals surface area contributed by atoms with E-state index in [4.69, 9.17) is 13.9 Å². The molecule has 0 aromatic heterocycles. The monoisotopic (exact) mass is 272 g/mol. The Kier molecular flexibility index (Phi) is 3.36. The second-order valence-electron chi connectivity index (χ2n) is 6.88. The van der Waals surface area contributed by atoms with Crippen molar-refractivity contribution in [2.45, 2.75) is 76.7 Å². The molecule has 0 spiro atoms. The van der Waals surface area contributed by atoms with Crippen molar-refractivity contribution >= 4 is 14.3 Å². The second-order valence-corrected chi connectivity index (χ2v) is 11.6. The molecule has 0 unspecified atom stereocenters. The molecule has 4 atom stereocenters. The van der Waals surface area contributed by atoms with Gasteiger partial charge in [-0.2, -0.15) is 0 Å². The summed E-state index contributed by atoms with van der Waals surface area (Å²) in [6.45, 7) is 13.0. The van der Waals surface area contributed by atoms with E-state index in [9.17, 15) is 4.79 Å². The van der Waals surface area contributed by atoms with Crippen LogP contribution in [0.5, 0.6) is 0 Å². The summed E-state index contributed by atoms with van der Waals surface area (Å²) in [6, 6.07) is 0. The molecule has 2 rings (SSSR count). The zero-order valence-electron chi connectivity index (χ0n) is 12.1. The smallest absolute Gasteiger partial charge is 0.309 e. The Balaban J connectivity index is 2.11. The first-order valence-electron chi connectivity index (χ1n) is 6.64. The molecule has 0 N–H and O–H groups in total. The van der Waals surface area contributed by atoms with Gasteiger partial charge in [0, 0.05) is 0 Å². The van der Waals surface area contributed by atoms with Gasteiger partial charge in [0.2, 0.25) is 0 Å². The molecule has 0 aliphatic carbocycles. The normalized spacial score (nSPS) is 36.7. The number of carbonyl (C=O) groups excluding carboxylic acids is 1. The Morgan fingerprint density at radius 2 is 1.94 bits per heavy atom. The fourth-order valence-electron chi connectivity index (χ4n) is 2.26. The average Bonchev–Trinajstić information content (AvgIpc) is 2.64. The van der Waals surface area contributed by atoms with Gasteiger partial charge in [0.05, 0.1) is 12.5 Å². The van der Waals surface area contributed by atoms with E-state index in [1.165, 1.54) is 0 Å². The molecule has 0 saturated carbocycles. The van der Waals surface area contributed by atoms with E-state index in [2.05, 4.69) is 33.9 Å². The molecule has 0 aromatic carbocycles. The first-order chi connectivity index (χ1) is 8.12. The van der Waals surface area contributed by atoms with Crippen molar-refractivity contribution in [1.82, 2.24) is 0 Å². The molecule has 2 saturated heterocycles. The van der Waals surface area contributed by atoms with E-state index in [0.717, 1.165) is 0 Å². The van der Waals surface area contributed by atoms with Crippen LogP contribution in [0.15, 0.2) is 0 Å². The van der Waals surface area contributed by atoms with Gasteiger partial charge in [0.25, 0.3) is 0 Å². The number of ether oxygens (including phenoxy) is 2. The van der Waals surface area contributed by atoms with E-state index in [1.807, 2.05) is 6.92 Å². The van der Waals surface area contributed by atoms with Crippen molar-refractivity contribution in [3.05, 3.63) is 0 Å². The number of esters is 1. The fourth-order valence-corrected chi connectivity index (χ4v) is 3.62. The summed E-state index contributed by atoms with van der Waals surface area (Å²) in [4.78, 5) is 11.3. The minimum atomic E-state index is -1.86. The Morgan fingerprint density at radius 3 is 2.50 bits per heavy atom. The Bertz CT molecular complexity index is 347. The number of hydrogen-bond acceptors (Lipinski definition) is 4. The summed E-state index contributed by atoms with van der Waals surface area (Å²) >= 11 is 0. The third-order valence-electron chi connectivity index (χ3n) is 4.41. The van der Waals surface area contributed by atoms with Crippen LogP contribution in [-0.2, 0) is 18.7 Å². The van der Waals surface area contributed by atoms with Crippen molar-refractivity contribution < 1.29 is 18.7 Å². The highest BCUT2D eigenvalue weighted by molar-refractivity contribution is 6.74. The van der Waals surface area contributed by atoms with Gasteiger partial charge >= 0.3 is 5.97 Å². The van der Waals surface area contributed by atoms with Crippen LogP contribution in [0.4, 0.5) is 0 Å². The molecule has 5 heteroatoms. The quantitative estimate of drug-likeness (QED) is 0.572. The van der Waals surface area contributed by atoms with Crippen LogP contribution in [0.1, 0.15) is 34.1 Å². The van der Waals surface area contributed by atoms with Crippen LogP contribution in [0.2, 0.25) is 18.1 Å². The van der Waals surface area contributed by atoms with E-state index in [-0.39, 0.29) is 35.4 Å². The number of fused-ring (bicyclic) bond motifs is 1. The van der Waals surface area contributed by atoms with Crippen molar-refractivity contribution in [3.8, 4) is 0 Å². The molecule has 104 valence electrons. The summed E-state index contributed by atoms with van der Waals surface area (Å²) < 4.78 is 17.5. The molecular formula is C13H24O4Si. The molecular weight excluding hydrogens is 248 g/mol. The van der Waals surface area contributed by atoms with Crippen LogP contribution in [0.3, 0.4) is 0 Å². The van der Waals surface area contributed by atoms with Gasteiger partial charge in [0.1, 0.15) is 12.2 Å². The summed E-state index contributed by atoms with van der Waals surface area (Å²) in [5.41, 5.74) is 0. The highest BCUT2D eigenvalue weighted by Gasteiger charge is 2.53. The molecule has 2 aliphatic heterocycles. The molecule has 0 aromatic rings. The van der Waals surface area contributed by atoms with Crippen LogP contribution >= 0.6 is 0 Å². The maximum absolute atomic E-state index is 11.3. The van der Waals surface area contributed by atoms with Gasteiger partial charge in [-0.25, -0.2) is 0 Å². The first-order valence-corrected chi connectivity index (χ1v) is 9.55. The second kappa shape index (κ2) is 4.32. The highest BCUT2D eigenvalue weighted by Crippen LogP contribution is 2.41. The Morgan fingerprint density at radius 1 is 1.33 bits per heavy atom. The topological polar surface area (TPSA) is 44.8 Å². The molecule has 18 heavy (non-hydrogen) atoms. The SMILES string of the molecule is C[C@H]1O[C@H]2CC(=O)O[C@H]2[C@H]1O[Si](C)(C)C(C)(C)C. The van der Waals surface area contributed by atoms with Crippen molar-refractivity contribution in [1.29, 1.82) is 0 Å². The molecule has 2 heterocycles. The Hall–Kier alpha value is -0.393. The van der Waals surface area contributed by atoms with Crippen LogP contribution in [0.25, 0.3) is 0 Å². The molecule has 2 aliphatic rings. The zero-order valence-corrected chi connectivity index (χ0v) is 13.1. The van der Waals surface area contributed by atoms with Crippen LogP contribution < -0.4 is 0 Å². The molecule has 0 bridgehead atoms. The van der Waals surface area contributed by atoms with Gasteiger partial charge in [-0.15, -0.1) is 0 Å². The summed E-state index contributed by atoms with van der Waals surface area (Å²) in [7, 11) is -1.86. The predicted octanol–water partition coefficient (Wildman–Crippen LogP) is 2.48. The van der Waals surface area contributed by atoms with Gasteiger partial charge in [-0.3, -0.25) is 4.79 Å². The number of rotatable bonds is 2. The van der Waals surface area contributed by atoms with E-state index >= 15 is 0 Å². The van der Waals surface area contributed by atoms with Gasteiger partial charge in [0.15, 0.2) is 14.4 Å². The van der Waals surface area contributed by atoms with Crippen LogP contribution in [-0.4, -0.2) is 38.7 Å². The summed E-state index contributed by atoms with van der Waals surface area (Å²) in [6.07, 6.45) is -0.0553. The lowest BCUT2D eigenvalue weighted by Crippen LogP contribution is -2.48. The zero-order chi connectivity index (χ0) is 13.7. The Labute approximate surface area is 110 Å². The molecule has 4 nitrogen and oxygen atoms in total. The van der Waals surface area contributed by atoms with E-state index < -0.39 is 8.32 Å². The summed E-state index contributed by atoms with van der Waals surface area (Å²) in [5.74, 6) is -0.166. The largest absolute Gasteiger partial charge is 0.457 e. The lowest BCUT2D eigenvalue weighted by Gasteiger charge is -2.39. The van der Waals surface area contributed by atoms with Crippen molar-refractivity contribution in [3.63, 3.8) is 0 Å².